The summed E-state index contributed by atoms with van der Waals surface area (Å²) in [6.45, 7) is 3.10. The number of nitrogens with one attached hydrogen (secondary N) is 1. The third-order valence-electron chi connectivity index (χ3n) is 2.44. The van der Waals surface area contributed by atoms with E-state index in [0.29, 0.717) is 13.1 Å². The number of nitrogens with zero attached hydrogens (tertiary/aromatic N) is 1. The van der Waals surface area contributed by atoms with E-state index in [1.54, 1.807) is 19.1 Å². The van der Waals surface area contributed by atoms with Crippen LogP contribution in [-0.4, -0.2) is 31.6 Å². The summed E-state index contributed by atoms with van der Waals surface area (Å²) in [5.74, 6) is 0.793. The largest absolute Gasteiger partial charge is 0.496 e. The van der Waals surface area contributed by atoms with Crippen LogP contribution in [0.25, 0.3) is 0 Å². The minimum Gasteiger partial charge on any atom is -0.496 e. The van der Waals surface area contributed by atoms with Gasteiger partial charge in [0.15, 0.2) is 0 Å². The molecule has 0 radical (unpaired) electrons. The van der Waals surface area contributed by atoms with Gasteiger partial charge >= 0.3 is 6.03 Å². The fourth-order valence-corrected chi connectivity index (χ4v) is 1.30. The first-order valence-electron chi connectivity index (χ1n) is 5.30. The molecule has 0 aromatic heterocycles. The average molecular weight is 222 g/mol. The molecule has 16 heavy (non-hydrogen) atoms. The van der Waals surface area contributed by atoms with E-state index in [1.807, 2.05) is 31.2 Å². The number of methoxy groups -OCH3 is 1. The lowest BCUT2D eigenvalue weighted by Crippen LogP contribution is -2.36. The van der Waals surface area contributed by atoms with Crippen molar-refractivity contribution in [3.05, 3.63) is 29.8 Å². The molecule has 0 fully saturated rings. The van der Waals surface area contributed by atoms with Gasteiger partial charge < -0.3 is 15.0 Å². The summed E-state index contributed by atoms with van der Waals surface area (Å²) in [6.07, 6.45) is 0. The van der Waals surface area contributed by atoms with Gasteiger partial charge in [-0.1, -0.05) is 18.2 Å². The Morgan fingerprint density at radius 3 is 2.75 bits per heavy atom. The van der Waals surface area contributed by atoms with Crippen molar-refractivity contribution in [2.75, 3.05) is 20.7 Å². The molecule has 1 N–H and O–H groups in total. The minimum absolute atomic E-state index is 0.0755. The topological polar surface area (TPSA) is 41.6 Å². The number of ether oxygens (including phenoxy) is 1. The highest BCUT2D eigenvalue weighted by Gasteiger charge is 2.07. The summed E-state index contributed by atoms with van der Waals surface area (Å²) in [5.41, 5.74) is 0.975. The Morgan fingerprint density at radius 1 is 1.44 bits per heavy atom. The van der Waals surface area contributed by atoms with Crippen LogP contribution in [0.5, 0.6) is 5.75 Å². The van der Waals surface area contributed by atoms with Crippen molar-refractivity contribution >= 4 is 6.03 Å². The van der Waals surface area contributed by atoms with E-state index in [2.05, 4.69) is 5.32 Å². The molecule has 0 aliphatic carbocycles. The quantitative estimate of drug-likeness (QED) is 0.844. The van der Waals surface area contributed by atoms with Crippen LogP contribution >= 0.6 is 0 Å². The van der Waals surface area contributed by atoms with Gasteiger partial charge in [-0.25, -0.2) is 4.79 Å². The Kier molecular flexibility index (Phi) is 4.64. The monoisotopic (exact) mass is 222 g/mol. The zero-order valence-corrected chi connectivity index (χ0v) is 9.99. The Morgan fingerprint density at radius 2 is 2.12 bits per heavy atom. The molecule has 0 spiro atoms. The summed E-state index contributed by atoms with van der Waals surface area (Å²) in [4.78, 5) is 13.1. The van der Waals surface area contributed by atoms with E-state index in [1.165, 1.54) is 0 Å². The van der Waals surface area contributed by atoms with Crippen molar-refractivity contribution in [1.29, 1.82) is 0 Å². The molecular formula is C12H18N2O2. The van der Waals surface area contributed by atoms with Crippen molar-refractivity contribution in [3.8, 4) is 5.75 Å². The fourth-order valence-electron chi connectivity index (χ4n) is 1.30. The molecular weight excluding hydrogens is 204 g/mol. The van der Waals surface area contributed by atoms with Crippen molar-refractivity contribution in [1.82, 2.24) is 10.2 Å². The number of benzene rings is 1. The van der Waals surface area contributed by atoms with E-state index in [4.69, 9.17) is 4.74 Å². The van der Waals surface area contributed by atoms with Crippen LogP contribution in [0, 0.1) is 0 Å². The zero-order chi connectivity index (χ0) is 12.0. The van der Waals surface area contributed by atoms with Crippen LogP contribution < -0.4 is 10.1 Å². The van der Waals surface area contributed by atoms with Gasteiger partial charge in [0.1, 0.15) is 5.75 Å². The lowest BCUT2D eigenvalue weighted by atomic mass is 10.2. The van der Waals surface area contributed by atoms with Crippen LogP contribution in [0.4, 0.5) is 4.79 Å². The fraction of sp³-hybridized carbons (Fsp3) is 0.417. The normalized spacial score (nSPS) is 9.69. The SMILES string of the molecule is CCN(C)C(=O)NCc1ccccc1OC. The molecule has 0 aliphatic heterocycles. The molecule has 88 valence electrons. The standard InChI is InChI=1S/C12H18N2O2/c1-4-14(2)12(15)13-9-10-7-5-6-8-11(10)16-3/h5-8H,4,9H2,1-3H3,(H,13,15). The predicted octanol–water partition coefficient (Wildman–Crippen LogP) is 1.86. The Balaban J connectivity index is 2.57. The maximum Gasteiger partial charge on any atom is 0.317 e. The maximum absolute atomic E-state index is 11.5. The van der Waals surface area contributed by atoms with Gasteiger partial charge in [-0.3, -0.25) is 0 Å². The first kappa shape index (κ1) is 12.4. The van der Waals surface area contributed by atoms with E-state index in [9.17, 15) is 4.79 Å². The number of rotatable bonds is 4. The van der Waals surface area contributed by atoms with Gasteiger partial charge in [0.05, 0.1) is 7.11 Å². The smallest absolute Gasteiger partial charge is 0.317 e. The Hall–Kier alpha value is -1.71. The Labute approximate surface area is 96.2 Å². The highest BCUT2D eigenvalue weighted by Crippen LogP contribution is 2.16. The number of carbonyl (C=O) groups excluding carboxylic acids is 1. The molecule has 0 atom stereocenters. The maximum atomic E-state index is 11.5. The molecule has 0 bridgehead atoms. The first-order valence-corrected chi connectivity index (χ1v) is 5.30. The molecule has 0 saturated heterocycles. The number of hydrogen-bond donors (Lipinski definition) is 1. The summed E-state index contributed by atoms with van der Waals surface area (Å²) in [7, 11) is 3.39. The van der Waals surface area contributed by atoms with Gasteiger partial charge in [-0.15, -0.1) is 0 Å². The third-order valence-corrected chi connectivity index (χ3v) is 2.44. The van der Waals surface area contributed by atoms with Crippen LogP contribution in [0.3, 0.4) is 0 Å². The van der Waals surface area contributed by atoms with E-state index < -0.39 is 0 Å². The minimum atomic E-state index is -0.0755. The highest BCUT2D eigenvalue weighted by molar-refractivity contribution is 5.73. The van der Waals surface area contributed by atoms with Crippen molar-refractivity contribution in [2.24, 2.45) is 0 Å². The van der Waals surface area contributed by atoms with Crippen LogP contribution in [0.15, 0.2) is 24.3 Å². The van der Waals surface area contributed by atoms with Crippen molar-refractivity contribution in [2.45, 2.75) is 13.5 Å². The van der Waals surface area contributed by atoms with E-state index in [0.717, 1.165) is 11.3 Å². The predicted molar refractivity (Wildman–Crippen MR) is 63.5 cm³/mol. The molecule has 0 heterocycles. The van der Waals surface area contributed by atoms with Crippen molar-refractivity contribution in [3.63, 3.8) is 0 Å². The van der Waals surface area contributed by atoms with Gasteiger partial charge in [0.2, 0.25) is 0 Å². The molecule has 4 nitrogen and oxygen atoms in total. The summed E-state index contributed by atoms with van der Waals surface area (Å²) in [6, 6.07) is 7.57. The summed E-state index contributed by atoms with van der Waals surface area (Å²) in [5, 5.41) is 2.83. The zero-order valence-electron chi connectivity index (χ0n) is 9.99. The van der Waals surface area contributed by atoms with Gasteiger partial charge in [-0.05, 0) is 13.0 Å². The van der Waals surface area contributed by atoms with E-state index in [-0.39, 0.29) is 6.03 Å². The highest BCUT2D eigenvalue weighted by atomic mass is 16.5. The van der Waals surface area contributed by atoms with E-state index >= 15 is 0 Å². The third kappa shape index (κ3) is 3.15. The molecule has 0 unspecified atom stereocenters. The number of para-hydroxylation sites is 1. The second-order valence-electron chi connectivity index (χ2n) is 3.48. The molecule has 4 heteroatoms. The van der Waals surface area contributed by atoms with Crippen molar-refractivity contribution < 1.29 is 9.53 Å². The summed E-state index contributed by atoms with van der Waals surface area (Å²) >= 11 is 0. The summed E-state index contributed by atoms with van der Waals surface area (Å²) < 4.78 is 5.20. The lowest BCUT2D eigenvalue weighted by molar-refractivity contribution is 0.210. The van der Waals surface area contributed by atoms with Crippen LogP contribution in [0.2, 0.25) is 0 Å². The molecule has 2 amide bonds. The van der Waals surface area contributed by atoms with Gasteiger partial charge in [0, 0.05) is 25.7 Å². The second kappa shape index (κ2) is 6.00. The second-order valence-corrected chi connectivity index (χ2v) is 3.48. The molecule has 1 aromatic rings. The molecule has 1 rings (SSSR count). The number of amides is 2. The van der Waals surface area contributed by atoms with Gasteiger partial charge in [-0.2, -0.15) is 0 Å². The first-order chi connectivity index (χ1) is 7.69. The number of carbonyl (C=O) groups is 1. The Bertz CT molecular complexity index is 353. The molecule has 0 aliphatic rings. The van der Waals surface area contributed by atoms with Gasteiger partial charge in [0.25, 0.3) is 0 Å². The molecule has 1 aromatic carbocycles. The lowest BCUT2D eigenvalue weighted by Gasteiger charge is -2.16. The van der Waals surface area contributed by atoms with Crippen LogP contribution in [-0.2, 0) is 6.54 Å². The van der Waals surface area contributed by atoms with Crippen LogP contribution in [0.1, 0.15) is 12.5 Å². The number of hydrogen-bond acceptors (Lipinski definition) is 2. The average Bonchev–Trinajstić information content (AvgIpc) is 2.35. The molecule has 0 saturated carbocycles. The number of urea groups is 1.